The van der Waals surface area contributed by atoms with Crippen molar-refractivity contribution >= 4 is 0 Å². The molecular formula is C16H23NO. The van der Waals surface area contributed by atoms with Crippen LogP contribution in [0.5, 0.6) is 0 Å². The van der Waals surface area contributed by atoms with E-state index in [-0.39, 0.29) is 0 Å². The minimum atomic E-state index is 0.495. The first-order valence-electron chi connectivity index (χ1n) is 7.26. The van der Waals surface area contributed by atoms with Crippen molar-refractivity contribution in [2.24, 2.45) is 0 Å². The molecule has 98 valence electrons. The zero-order valence-electron chi connectivity index (χ0n) is 11.1. The number of nitrogens with one attached hydrogen (secondary N) is 1. The molecule has 2 bridgehead atoms. The molecule has 2 saturated heterocycles. The third kappa shape index (κ3) is 2.76. The van der Waals surface area contributed by atoms with E-state index in [0.29, 0.717) is 24.3 Å². The fourth-order valence-corrected chi connectivity index (χ4v) is 3.29. The van der Waals surface area contributed by atoms with E-state index in [1.807, 2.05) is 0 Å². The summed E-state index contributed by atoms with van der Waals surface area (Å²) in [6.45, 7) is 2.30. The van der Waals surface area contributed by atoms with Crippen molar-refractivity contribution in [3.8, 4) is 0 Å². The lowest BCUT2D eigenvalue weighted by Crippen LogP contribution is -2.42. The summed E-state index contributed by atoms with van der Waals surface area (Å²) < 4.78 is 5.89. The lowest BCUT2D eigenvalue weighted by atomic mass is 9.94. The monoisotopic (exact) mass is 245 g/mol. The molecule has 0 amide bonds. The van der Waals surface area contributed by atoms with Crippen LogP contribution < -0.4 is 5.32 Å². The van der Waals surface area contributed by atoms with Crippen LogP contribution in [0.3, 0.4) is 0 Å². The van der Waals surface area contributed by atoms with Gasteiger partial charge in [0.2, 0.25) is 0 Å². The second kappa shape index (κ2) is 5.41. The van der Waals surface area contributed by atoms with Crippen LogP contribution in [-0.4, -0.2) is 24.3 Å². The van der Waals surface area contributed by atoms with Gasteiger partial charge in [-0.25, -0.2) is 0 Å². The van der Waals surface area contributed by atoms with E-state index >= 15 is 0 Å². The van der Waals surface area contributed by atoms with Crippen molar-refractivity contribution in [3.05, 3.63) is 35.9 Å². The summed E-state index contributed by atoms with van der Waals surface area (Å²) in [6, 6.07) is 11.9. The summed E-state index contributed by atoms with van der Waals surface area (Å²) in [5, 5.41) is 3.76. The van der Waals surface area contributed by atoms with Gasteiger partial charge in [-0.3, -0.25) is 0 Å². The van der Waals surface area contributed by atoms with Crippen LogP contribution in [0.15, 0.2) is 30.3 Å². The number of fused-ring (bicyclic) bond motifs is 2. The Morgan fingerprint density at radius 3 is 2.78 bits per heavy atom. The third-order valence-corrected chi connectivity index (χ3v) is 4.31. The van der Waals surface area contributed by atoms with Crippen molar-refractivity contribution in [2.45, 2.75) is 63.3 Å². The molecule has 3 rings (SSSR count). The van der Waals surface area contributed by atoms with Gasteiger partial charge in [0.15, 0.2) is 0 Å². The second-order valence-electron chi connectivity index (χ2n) is 5.81. The predicted molar refractivity (Wildman–Crippen MR) is 73.7 cm³/mol. The number of hydrogen-bond donors (Lipinski definition) is 1. The van der Waals surface area contributed by atoms with Crippen LogP contribution in [0, 0.1) is 0 Å². The SMILES string of the molecule is CC(CCc1ccccc1)NC1CC2CCC1O2. The Labute approximate surface area is 110 Å². The second-order valence-corrected chi connectivity index (χ2v) is 5.81. The standard InChI is InChI=1S/C16H23NO/c1-12(7-8-13-5-3-2-4-6-13)17-15-11-14-9-10-16(15)18-14/h2-6,12,14-17H,7-11H2,1H3. The molecule has 4 atom stereocenters. The van der Waals surface area contributed by atoms with Gasteiger partial charge >= 0.3 is 0 Å². The van der Waals surface area contributed by atoms with Gasteiger partial charge in [-0.15, -0.1) is 0 Å². The predicted octanol–water partition coefficient (Wildman–Crippen LogP) is 2.92. The minimum absolute atomic E-state index is 0.495. The molecule has 2 heteroatoms. The van der Waals surface area contributed by atoms with Gasteiger partial charge in [0.25, 0.3) is 0 Å². The van der Waals surface area contributed by atoms with E-state index in [1.54, 1.807) is 0 Å². The Morgan fingerprint density at radius 2 is 2.11 bits per heavy atom. The van der Waals surface area contributed by atoms with Crippen molar-refractivity contribution in [3.63, 3.8) is 0 Å². The van der Waals surface area contributed by atoms with Gasteiger partial charge < -0.3 is 10.1 Å². The third-order valence-electron chi connectivity index (χ3n) is 4.31. The molecule has 0 aromatic heterocycles. The highest BCUT2D eigenvalue weighted by molar-refractivity contribution is 5.14. The summed E-state index contributed by atoms with van der Waals surface area (Å²) in [5.41, 5.74) is 1.44. The summed E-state index contributed by atoms with van der Waals surface area (Å²) >= 11 is 0. The molecule has 2 aliphatic heterocycles. The van der Waals surface area contributed by atoms with Gasteiger partial charge in [-0.1, -0.05) is 30.3 Å². The topological polar surface area (TPSA) is 21.3 Å². The van der Waals surface area contributed by atoms with E-state index in [2.05, 4.69) is 42.6 Å². The molecule has 1 aromatic rings. The Balaban J connectivity index is 1.43. The molecule has 2 nitrogen and oxygen atoms in total. The van der Waals surface area contributed by atoms with Gasteiger partial charge in [0.1, 0.15) is 0 Å². The number of benzene rings is 1. The quantitative estimate of drug-likeness (QED) is 0.861. The summed E-state index contributed by atoms with van der Waals surface area (Å²) in [5.74, 6) is 0. The Hall–Kier alpha value is -0.860. The van der Waals surface area contributed by atoms with E-state index in [4.69, 9.17) is 4.74 Å². The Morgan fingerprint density at radius 1 is 1.28 bits per heavy atom. The largest absolute Gasteiger partial charge is 0.373 e. The minimum Gasteiger partial charge on any atom is -0.373 e. The van der Waals surface area contributed by atoms with Gasteiger partial charge in [-0.05, 0) is 44.6 Å². The number of ether oxygens (including phenoxy) is 1. The first kappa shape index (κ1) is 12.2. The molecule has 0 spiro atoms. The first-order valence-corrected chi connectivity index (χ1v) is 7.26. The zero-order chi connectivity index (χ0) is 12.4. The van der Waals surface area contributed by atoms with Crippen LogP contribution in [-0.2, 0) is 11.2 Å². The van der Waals surface area contributed by atoms with Crippen LogP contribution in [0.1, 0.15) is 38.2 Å². The molecule has 0 saturated carbocycles. The maximum absolute atomic E-state index is 5.89. The highest BCUT2D eigenvalue weighted by atomic mass is 16.5. The average Bonchev–Trinajstić information content (AvgIpc) is 3.00. The molecule has 2 fully saturated rings. The van der Waals surface area contributed by atoms with Crippen molar-refractivity contribution in [1.29, 1.82) is 0 Å². The van der Waals surface area contributed by atoms with Crippen LogP contribution >= 0.6 is 0 Å². The maximum Gasteiger partial charge on any atom is 0.0733 e. The molecule has 0 aliphatic carbocycles. The molecule has 2 aliphatic rings. The van der Waals surface area contributed by atoms with E-state index in [0.717, 1.165) is 6.42 Å². The smallest absolute Gasteiger partial charge is 0.0733 e. The molecule has 4 unspecified atom stereocenters. The summed E-state index contributed by atoms with van der Waals surface area (Å²) in [4.78, 5) is 0. The van der Waals surface area contributed by atoms with E-state index < -0.39 is 0 Å². The normalized spacial score (nSPS) is 31.7. The van der Waals surface area contributed by atoms with E-state index in [9.17, 15) is 0 Å². The van der Waals surface area contributed by atoms with Gasteiger partial charge in [-0.2, -0.15) is 0 Å². The summed E-state index contributed by atoms with van der Waals surface area (Å²) in [7, 11) is 0. The number of aryl methyl sites for hydroxylation is 1. The molecule has 1 N–H and O–H groups in total. The number of hydrogen-bond acceptors (Lipinski definition) is 2. The highest BCUT2D eigenvalue weighted by Gasteiger charge is 2.40. The average molecular weight is 245 g/mol. The summed E-state index contributed by atoms with van der Waals surface area (Å²) in [6.07, 6.45) is 7.17. The van der Waals surface area contributed by atoms with Gasteiger partial charge in [0, 0.05) is 12.1 Å². The van der Waals surface area contributed by atoms with E-state index in [1.165, 1.54) is 31.2 Å². The molecule has 2 heterocycles. The molecule has 0 radical (unpaired) electrons. The molecular weight excluding hydrogens is 222 g/mol. The van der Waals surface area contributed by atoms with Crippen molar-refractivity contribution < 1.29 is 4.74 Å². The van der Waals surface area contributed by atoms with Crippen molar-refractivity contribution in [2.75, 3.05) is 0 Å². The zero-order valence-corrected chi connectivity index (χ0v) is 11.1. The van der Waals surface area contributed by atoms with Crippen LogP contribution in [0.25, 0.3) is 0 Å². The fourth-order valence-electron chi connectivity index (χ4n) is 3.29. The van der Waals surface area contributed by atoms with Gasteiger partial charge in [0.05, 0.1) is 12.2 Å². The number of rotatable bonds is 5. The first-order chi connectivity index (χ1) is 8.81. The van der Waals surface area contributed by atoms with Crippen molar-refractivity contribution in [1.82, 2.24) is 5.32 Å². The van der Waals surface area contributed by atoms with Crippen LogP contribution in [0.4, 0.5) is 0 Å². The fraction of sp³-hybridized carbons (Fsp3) is 0.625. The lowest BCUT2D eigenvalue weighted by molar-refractivity contribution is 0.0961. The molecule has 1 aromatic carbocycles. The Kier molecular flexibility index (Phi) is 3.67. The lowest BCUT2D eigenvalue weighted by Gasteiger charge is -2.24. The Bertz CT molecular complexity index is 378. The molecule has 18 heavy (non-hydrogen) atoms. The van der Waals surface area contributed by atoms with Crippen LogP contribution in [0.2, 0.25) is 0 Å². The maximum atomic E-state index is 5.89. The highest BCUT2D eigenvalue weighted by Crippen LogP contribution is 2.34.